The van der Waals surface area contributed by atoms with Crippen molar-refractivity contribution in [3.63, 3.8) is 0 Å². The number of hydrogen-bond donors (Lipinski definition) is 2. The number of carboxylic acid groups (broad SMARTS) is 1. The van der Waals surface area contributed by atoms with Gasteiger partial charge in [0.1, 0.15) is 0 Å². The van der Waals surface area contributed by atoms with Gasteiger partial charge in [-0.15, -0.1) is 0 Å². The van der Waals surface area contributed by atoms with Gasteiger partial charge in [-0.3, -0.25) is 4.79 Å². The summed E-state index contributed by atoms with van der Waals surface area (Å²) in [6.07, 6.45) is 0. The predicted octanol–water partition coefficient (Wildman–Crippen LogP) is 2.63. The first-order valence-corrected chi connectivity index (χ1v) is 6.27. The van der Waals surface area contributed by atoms with Crippen LogP contribution in [-0.2, 0) is 9.59 Å². The quantitative estimate of drug-likeness (QED) is 0.528. The summed E-state index contributed by atoms with van der Waals surface area (Å²) < 4.78 is 0. The van der Waals surface area contributed by atoms with Crippen LogP contribution in [0.15, 0.2) is 48.5 Å². The predicted molar refractivity (Wildman–Crippen MR) is 82.0 cm³/mol. The molecule has 21 heavy (non-hydrogen) atoms. The van der Waals surface area contributed by atoms with E-state index < -0.39 is 11.8 Å². The summed E-state index contributed by atoms with van der Waals surface area (Å²) in [6, 6.07) is 15.9. The zero-order valence-corrected chi connectivity index (χ0v) is 11.4. The van der Waals surface area contributed by atoms with Gasteiger partial charge in [0.25, 0.3) is 0 Å². The number of nitrogens with zero attached hydrogens (tertiary/aromatic N) is 1. The Labute approximate surface area is 121 Å². The van der Waals surface area contributed by atoms with E-state index in [4.69, 9.17) is 10.8 Å². The fourth-order valence-corrected chi connectivity index (χ4v) is 1.87. The van der Waals surface area contributed by atoms with Gasteiger partial charge >= 0.3 is 5.97 Å². The van der Waals surface area contributed by atoms with Crippen LogP contribution in [0.1, 0.15) is 6.92 Å². The Hall–Kier alpha value is -2.95. The number of aliphatic carboxylic acids is 1. The Balaban J connectivity index is 0.000000232. The number of ketones is 1. The summed E-state index contributed by atoms with van der Waals surface area (Å²) >= 11 is 0. The number of pyridine rings is 1. The van der Waals surface area contributed by atoms with E-state index in [9.17, 15) is 9.59 Å². The summed E-state index contributed by atoms with van der Waals surface area (Å²) in [5.41, 5.74) is 8.84. The number of rotatable bonds is 1. The van der Waals surface area contributed by atoms with Gasteiger partial charge in [-0.2, -0.15) is 0 Å². The van der Waals surface area contributed by atoms with E-state index in [2.05, 4.69) is 4.98 Å². The van der Waals surface area contributed by atoms with Gasteiger partial charge in [0.05, 0.1) is 16.7 Å². The number of hydrogen-bond acceptors (Lipinski definition) is 4. The summed E-state index contributed by atoms with van der Waals surface area (Å²) in [4.78, 5) is 23.5. The molecule has 0 aliphatic carbocycles. The molecule has 0 fully saturated rings. The molecule has 5 nitrogen and oxygen atoms in total. The van der Waals surface area contributed by atoms with Crippen molar-refractivity contribution in [3.05, 3.63) is 48.5 Å². The van der Waals surface area contributed by atoms with E-state index in [-0.39, 0.29) is 0 Å². The van der Waals surface area contributed by atoms with Crippen molar-refractivity contribution in [2.24, 2.45) is 0 Å². The first-order chi connectivity index (χ1) is 10.0. The third-order valence-corrected chi connectivity index (χ3v) is 2.93. The number of nitrogen functional groups attached to an aromatic ring is 1. The molecule has 3 aromatic rings. The number of benzene rings is 2. The Bertz CT molecular complexity index is 762. The SMILES string of the molecule is CC(=O)C(=O)O.Nc1c2ccccc2nc2ccccc12. The van der Waals surface area contributed by atoms with Crippen molar-refractivity contribution in [2.75, 3.05) is 5.73 Å². The number of carbonyl (C=O) groups excluding carboxylic acids is 1. The lowest BCUT2D eigenvalue weighted by molar-refractivity contribution is -0.148. The van der Waals surface area contributed by atoms with Crippen molar-refractivity contribution >= 4 is 39.2 Å². The normalized spacial score (nSPS) is 9.95. The molecule has 0 unspecified atom stereocenters. The van der Waals surface area contributed by atoms with Gasteiger partial charge in [0.15, 0.2) is 0 Å². The molecule has 0 saturated heterocycles. The Morgan fingerprint density at radius 3 is 1.71 bits per heavy atom. The van der Waals surface area contributed by atoms with Crippen LogP contribution < -0.4 is 5.73 Å². The van der Waals surface area contributed by atoms with Gasteiger partial charge in [-0.1, -0.05) is 36.4 Å². The zero-order chi connectivity index (χ0) is 15.4. The second kappa shape index (κ2) is 6.00. The van der Waals surface area contributed by atoms with Crippen LogP contribution in [0.25, 0.3) is 21.8 Å². The third-order valence-electron chi connectivity index (χ3n) is 2.93. The van der Waals surface area contributed by atoms with Crippen molar-refractivity contribution in [2.45, 2.75) is 6.92 Å². The number of anilines is 1. The molecule has 5 heteroatoms. The van der Waals surface area contributed by atoms with Gasteiger partial charge in [-0.05, 0) is 12.1 Å². The average molecular weight is 282 g/mol. The van der Waals surface area contributed by atoms with Crippen LogP contribution >= 0.6 is 0 Å². The minimum atomic E-state index is -1.38. The van der Waals surface area contributed by atoms with Gasteiger partial charge in [0.2, 0.25) is 5.78 Å². The maximum Gasteiger partial charge on any atom is 0.371 e. The van der Waals surface area contributed by atoms with Crippen LogP contribution in [0, 0.1) is 0 Å². The van der Waals surface area contributed by atoms with Gasteiger partial charge in [0, 0.05) is 17.7 Å². The Kier molecular flexibility index (Phi) is 4.13. The van der Waals surface area contributed by atoms with Crippen LogP contribution in [0.5, 0.6) is 0 Å². The molecule has 0 amide bonds. The highest BCUT2D eigenvalue weighted by Crippen LogP contribution is 2.27. The zero-order valence-electron chi connectivity index (χ0n) is 11.4. The lowest BCUT2D eigenvalue weighted by Gasteiger charge is -2.05. The number of aromatic nitrogens is 1. The highest BCUT2D eigenvalue weighted by Gasteiger charge is 2.03. The lowest BCUT2D eigenvalue weighted by Crippen LogP contribution is -2.05. The first-order valence-electron chi connectivity index (χ1n) is 6.27. The van der Waals surface area contributed by atoms with E-state index in [1.807, 2.05) is 48.5 Å². The molecule has 0 spiro atoms. The van der Waals surface area contributed by atoms with Crippen molar-refractivity contribution < 1.29 is 14.7 Å². The number of carboxylic acids is 1. The smallest absolute Gasteiger partial charge is 0.371 e. The van der Waals surface area contributed by atoms with Gasteiger partial charge < -0.3 is 10.8 Å². The standard InChI is InChI=1S/C13H10N2.C3H4O3/c14-13-9-5-1-3-7-11(9)15-12-8-4-2-6-10(12)13;1-2(4)3(5)6/h1-8H,(H2,14,15);1H3,(H,5,6). The number of nitrogens with two attached hydrogens (primary N) is 1. The highest BCUT2D eigenvalue weighted by atomic mass is 16.4. The number of fused-ring (bicyclic) bond motifs is 2. The lowest BCUT2D eigenvalue weighted by atomic mass is 10.1. The maximum atomic E-state index is 9.54. The molecule has 0 aliphatic heterocycles. The second-order valence-corrected chi connectivity index (χ2v) is 4.42. The van der Waals surface area contributed by atoms with Crippen molar-refractivity contribution in [1.82, 2.24) is 4.98 Å². The summed E-state index contributed by atoms with van der Waals surface area (Å²) in [5, 5.41) is 9.69. The first kappa shape index (κ1) is 14.5. The molecule has 0 saturated carbocycles. The van der Waals surface area contributed by atoms with Crippen molar-refractivity contribution in [1.29, 1.82) is 0 Å². The van der Waals surface area contributed by atoms with Crippen LogP contribution in [0.3, 0.4) is 0 Å². The van der Waals surface area contributed by atoms with E-state index >= 15 is 0 Å². The monoisotopic (exact) mass is 282 g/mol. The minimum absolute atomic E-state index is 0.816. The van der Waals surface area contributed by atoms with Crippen LogP contribution in [0.2, 0.25) is 0 Å². The second-order valence-electron chi connectivity index (χ2n) is 4.42. The largest absolute Gasteiger partial charge is 0.476 e. The molecule has 0 bridgehead atoms. The van der Waals surface area contributed by atoms with Crippen LogP contribution in [0.4, 0.5) is 5.69 Å². The summed E-state index contributed by atoms with van der Waals surface area (Å²) in [6.45, 7) is 1.00. The molecule has 3 N–H and O–H groups in total. The number of carbonyl (C=O) groups is 2. The van der Waals surface area contributed by atoms with E-state index in [0.29, 0.717) is 0 Å². The molecule has 3 rings (SSSR count). The number of Topliss-reactive ketones (excluding diaryl/α,β-unsaturated/α-hetero) is 1. The fraction of sp³-hybridized carbons (Fsp3) is 0.0625. The maximum absolute atomic E-state index is 9.54. The topological polar surface area (TPSA) is 93.3 Å². The van der Waals surface area contributed by atoms with E-state index in [0.717, 1.165) is 34.4 Å². The average Bonchev–Trinajstić information content (AvgIpc) is 2.48. The molecule has 1 aromatic heterocycles. The fourth-order valence-electron chi connectivity index (χ4n) is 1.87. The molecule has 2 aromatic carbocycles. The Morgan fingerprint density at radius 1 is 0.952 bits per heavy atom. The van der Waals surface area contributed by atoms with Gasteiger partial charge in [-0.25, -0.2) is 9.78 Å². The van der Waals surface area contributed by atoms with E-state index in [1.165, 1.54) is 0 Å². The molecule has 0 radical (unpaired) electrons. The molecular formula is C16H14N2O3. The Morgan fingerprint density at radius 2 is 1.33 bits per heavy atom. The third kappa shape index (κ3) is 3.14. The summed E-state index contributed by atoms with van der Waals surface area (Å²) in [5.74, 6) is -2.20. The molecule has 106 valence electrons. The molecular weight excluding hydrogens is 268 g/mol. The minimum Gasteiger partial charge on any atom is -0.476 e. The highest BCUT2D eigenvalue weighted by molar-refractivity contribution is 6.31. The number of para-hydroxylation sites is 2. The van der Waals surface area contributed by atoms with E-state index in [1.54, 1.807) is 0 Å². The molecule has 0 aliphatic rings. The summed E-state index contributed by atoms with van der Waals surface area (Å²) in [7, 11) is 0. The molecule has 0 atom stereocenters. The van der Waals surface area contributed by atoms with Crippen molar-refractivity contribution in [3.8, 4) is 0 Å². The van der Waals surface area contributed by atoms with Crippen LogP contribution in [-0.4, -0.2) is 21.8 Å². The molecule has 1 heterocycles.